The number of carboxylic acids is 1. The molecule has 1 saturated carbocycles. The van der Waals surface area contributed by atoms with Crippen LogP contribution >= 0.6 is 11.6 Å². The number of rotatable bonds is 5. The Morgan fingerprint density at radius 3 is 2.90 bits per heavy atom. The van der Waals surface area contributed by atoms with Crippen LogP contribution in [0.3, 0.4) is 0 Å². The summed E-state index contributed by atoms with van der Waals surface area (Å²) in [6.45, 7) is 2.18. The summed E-state index contributed by atoms with van der Waals surface area (Å²) in [5.74, 6) is 0.165. The Hall–Kier alpha value is -1.48. The molecule has 0 amide bonds. The third-order valence-electron chi connectivity index (χ3n) is 4.04. The van der Waals surface area contributed by atoms with Gasteiger partial charge in [0.15, 0.2) is 0 Å². The third kappa shape index (κ3) is 4.24. The third-order valence-corrected chi connectivity index (χ3v) is 4.33. The van der Waals surface area contributed by atoms with E-state index in [0.29, 0.717) is 22.3 Å². The highest BCUT2D eigenvalue weighted by atomic mass is 35.5. The molecule has 2 rings (SSSR count). The second-order valence-corrected chi connectivity index (χ2v) is 5.85. The van der Waals surface area contributed by atoms with Crippen LogP contribution in [0.1, 0.15) is 44.6 Å². The summed E-state index contributed by atoms with van der Waals surface area (Å²) >= 11 is 6.25. The summed E-state index contributed by atoms with van der Waals surface area (Å²) in [5.41, 5.74) is 0.713. The van der Waals surface area contributed by atoms with Crippen molar-refractivity contribution in [1.82, 2.24) is 0 Å². The zero-order valence-electron chi connectivity index (χ0n) is 12.2. The Balaban J connectivity index is 2.23. The van der Waals surface area contributed by atoms with E-state index in [2.05, 4.69) is 6.92 Å². The molecule has 114 valence electrons. The summed E-state index contributed by atoms with van der Waals surface area (Å²) in [4.78, 5) is 10.7. The monoisotopic (exact) mass is 308 g/mol. The summed E-state index contributed by atoms with van der Waals surface area (Å²) < 4.78 is 6.18. The van der Waals surface area contributed by atoms with E-state index in [9.17, 15) is 4.79 Å². The molecule has 0 heterocycles. The normalized spacial score (nSPS) is 22.4. The minimum atomic E-state index is -0.981. The first-order chi connectivity index (χ1) is 10.1. The highest BCUT2D eigenvalue weighted by Crippen LogP contribution is 2.36. The smallest absolute Gasteiger partial charge is 0.328 e. The molecule has 4 heteroatoms. The van der Waals surface area contributed by atoms with Gasteiger partial charge in [0.25, 0.3) is 0 Å². The molecule has 0 bridgehead atoms. The minimum Gasteiger partial charge on any atom is -0.488 e. The van der Waals surface area contributed by atoms with Crippen molar-refractivity contribution < 1.29 is 14.6 Å². The molecule has 1 aliphatic rings. The molecule has 2 atom stereocenters. The fraction of sp³-hybridized carbons (Fsp3) is 0.471. The van der Waals surface area contributed by atoms with E-state index in [1.807, 2.05) is 6.07 Å². The maximum atomic E-state index is 10.7. The van der Waals surface area contributed by atoms with Gasteiger partial charge in [-0.3, -0.25) is 0 Å². The lowest BCUT2D eigenvalue weighted by molar-refractivity contribution is -0.131. The fourth-order valence-electron chi connectivity index (χ4n) is 2.89. The molecular weight excluding hydrogens is 288 g/mol. The molecule has 0 saturated heterocycles. The number of para-hydroxylation sites is 1. The van der Waals surface area contributed by atoms with Crippen LogP contribution < -0.4 is 4.74 Å². The highest BCUT2D eigenvalue weighted by Gasteiger charge is 2.26. The van der Waals surface area contributed by atoms with Crippen molar-refractivity contribution >= 4 is 23.6 Å². The van der Waals surface area contributed by atoms with Crippen LogP contribution in [-0.2, 0) is 4.79 Å². The largest absolute Gasteiger partial charge is 0.488 e. The maximum absolute atomic E-state index is 10.7. The molecule has 0 aromatic heterocycles. The van der Waals surface area contributed by atoms with Crippen molar-refractivity contribution in [2.75, 3.05) is 0 Å². The molecule has 1 aliphatic carbocycles. The fourth-order valence-corrected chi connectivity index (χ4v) is 3.12. The molecule has 0 radical (unpaired) electrons. The van der Waals surface area contributed by atoms with E-state index < -0.39 is 5.97 Å². The number of ether oxygens (including phenoxy) is 1. The second-order valence-electron chi connectivity index (χ2n) is 5.44. The van der Waals surface area contributed by atoms with Gasteiger partial charge < -0.3 is 9.84 Å². The van der Waals surface area contributed by atoms with Crippen molar-refractivity contribution in [3.05, 3.63) is 34.9 Å². The maximum Gasteiger partial charge on any atom is 0.328 e. The van der Waals surface area contributed by atoms with Crippen LogP contribution in [0.4, 0.5) is 0 Å². The highest BCUT2D eigenvalue weighted by molar-refractivity contribution is 6.32. The molecular formula is C17H21ClO3. The lowest BCUT2D eigenvalue weighted by atomic mass is 9.84. The number of hydrogen-bond donors (Lipinski definition) is 1. The molecule has 0 aliphatic heterocycles. The van der Waals surface area contributed by atoms with Gasteiger partial charge in [0, 0.05) is 11.6 Å². The average molecular weight is 309 g/mol. The zero-order chi connectivity index (χ0) is 15.2. The van der Waals surface area contributed by atoms with E-state index in [-0.39, 0.29) is 6.10 Å². The summed E-state index contributed by atoms with van der Waals surface area (Å²) in [6, 6.07) is 5.40. The van der Waals surface area contributed by atoms with Crippen molar-refractivity contribution in [2.45, 2.75) is 45.1 Å². The zero-order valence-corrected chi connectivity index (χ0v) is 13.0. The van der Waals surface area contributed by atoms with E-state index in [0.717, 1.165) is 18.9 Å². The summed E-state index contributed by atoms with van der Waals surface area (Å²) in [6.07, 6.45) is 8.55. The van der Waals surface area contributed by atoms with Crippen molar-refractivity contribution in [1.29, 1.82) is 0 Å². The van der Waals surface area contributed by atoms with Crippen LogP contribution in [0, 0.1) is 5.92 Å². The van der Waals surface area contributed by atoms with Crippen LogP contribution in [0.5, 0.6) is 5.75 Å². The SMILES string of the molecule is CCC1CCCCC1Oc1c(Cl)cccc1/C=C/C(=O)O. The van der Waals surface area contributed by atoms with Crippen LogP contribution in [0.15, 0.2) is 24.3 Å². The first kappa shape index (κ1) is 15.9. The van der Waals surface area contributed by atoms with Crippen LogP contribution in [0.2, 0.25) is 5.02 Å². The second kappa shape index (κ2) is 7.51. The average Bonchev–Trinajstić information content (AvgIpc) is 2.48. The molecule has 2 unspecified atom stereocenters. The van der Waals surface area contributed by atoms with Gasteiger partial charge >= 0.3 is 5.97 Å². The van der Waals surface area contributed by atoms with E-state index >= 15 is 0 Å². The van der Waals surface area contributed by atoms with Crippen molar-refractivity contribution in [2.24, 2.45) is 5.92 Å². The van der Waals surface area contributed by atoms with E-state index in [1.54, 1.807) is 12.1 Å². The topological polar surface area (TPSA) is 46.5 Å². The van der Waals surface area contributed by atoms with Gasteiger partial charge in [-0.15, -0.1) is 0 Å². The first-order valence-corrected chi connectivity index (χ1v) is 7.85. The number of halogens is 1. The number of benzene rings is 1. The van der Waals surface area contributed by atoms with Gasteiger partial charge in [0.05, 0.1) is 5.02 Å². The van der Waals surface area contributed by atoms with Crippen molar-refractivity contribution in [3.8, 4) is 5.75 Å². The number of carboxylic acid groups (broad SMARTS) is 1. The predicted octanol–water partition coefficient (Wildman–Crippen LogP) is 4.79. The van der Waals surface area contributed by atoms with Gasteiger partial charge in [-0.05, 0) is 43.7 Å². The van der Waals surface area contributed by atoms with Gasteiger partial charge in [-0.2, -0.15) is 0 Å². The molecule has 3 nitrogen and oxygen atoms in total. The molecule has 0 spiro atoms. The summed E-state index contributed by atoms with van der Waals surface area (Å²) in [7, 11) is 0. The van der Waals surface area contributed by atoms with E-state index in [1.165, 1.54) is 25.3 Å². The Labute approximate surface area is 130 Å². The molecule has 21 heavy (non-hydrogen) atoms. The molecule has 1 fully saturated rings. The lowest BCUT2D eigenvalue weighted by Crippen LogP contribution is -2.30. The van der Waals surface area contributed by atoms with Gasteiger partial charge in [-0.25, -0.2) is 4.79 Å². The van der Waals surface area contributed by atoms with Crippen molar-refractivity contribution in [3.63, 3.8) is 0 Å². The molecule has 1 N–H and O–H groups in total. The van der Waals surface area contributed by atoms with Crippen LogP contribution in [-0.4, -0.2) is 17.2 Å². The van der Waals surface area contributed by atoms with Gasteiger partial charge in [-0.1, -0.05) is 37.1 Å². The quantitative estimate of drug-likeness (QED) is 0.796. The molecule has 1 aromatic carbocycles. The standard InChI is InChI=1S/C17H21ClO3/c1-2-12-6-3-4-9-15(12)21-17-13(10-11-16(19)20)7-5-8-14(17)18/h5,7-8,10-12,15H,2-4,6,9H2,1H3,(H,19,20)/b11-10+. The Kier molecular flexibility index (Phi) is 5.68. The molecule has 1 aromatic rings. The number of hydrogen-bond acceptors (Lipinski definition) is 2. The minimum absolute atomic E-state index is 0.167. The van der Waals surface area contributed by atoms with Gasteiger partial charge in [0.1, 0.15) is 11.9 Å². The van der Waals surface area contributed by atoms with E-state index in [4.69, 9.17) is 21.4 Å². The first-order valence-electron chi connectivity index (χ1n) is 7.48. The lowest BCUT2D eigenvalue weighted by Gasteiger charge is -2.32. The number of carbonyl (C=O) groups is 1. The van der Waals surface area contributed by atoms with Gasteiger partial charge in [0.2, 0.25) is 0 Å². The Morgan fingerprint density at radius 1 is 1.43 bits per heavy atom. The van der Waals surface area contributed by atoms with Crippen LogP contribution in [0.25, 0.3) is 6.08 Å². The Morgan fingerprint density at radius 2 is 2.19 bits per heavy atom. The number of aliphatic carboxylic acids is 1. The Bertz CT molecular complexity index is 525. The summed E-state index contributed by atoms with van der Waals surface area (Å²) in [5, 5.41) is 9.31. The predicted molar refractivity (Wildman–Crippen MR) is 84.8 cm³/mol.